The minimum Gasteiger partial charge on any atom is -0.497 e. The molecule has 1 aromatic heterocycles. The summed E-state index contributed by atoms with van der Waals surface area (Å²) in [6.45, 7) is 4.61. The molecule has 4 rings (SSSR count). The van der Waals surface area contributed by atoms with E-state index in [-0.39, 0.29) is 12.4 Å². The first-order valence-electron chi connectivity index (χ1n) is 9.55. The van der Waals surface area contributed by atoms with Crippen LogP contribution in [0.25, 0.3) is 0 Å². The number of methoxy groups -OCH3 is 2. The lowest BCUT2D eigenvalue weighted by atomic mass is 9.89. The number of ether oxygens (including phenoxy) is 2. The van der Waals surface area contributed by atoms with Crippen molar-refractivity contribution in [3.05, 3.63) is 41.5 Å². The molecule has 1 aromatic carbocycles. The fourth-order valence-electron chi connectivity index (χ4n) is 4.62. The molecule has 3 heterocycles. The third-order valence-corrected chi connectivity index (χ3v) is 5.83. The molecule has 8 heteroatoms. The van der Waals surface area contributed by atoms with Gasteiger partial charge < -0.3 is 14.0 Å². The van der Waals surface area contributed by atoms with Crippen molar-refractivity contribution in [3.8, 4) is 5.75 Å². The highest BCUT2D eigenvalue weighted by Crippen LogP contribution is 2.44. The van der Waals surface area contributed by atoms with E-state index in [1.165, 1.54) is 5.56 Å². The number of hydrogen-bond donors (Lipinski definition) is 0. The molecule has 0 spiro atoms. The van der Waals surface area contributed by atoms with Gasteiger partial charge in [0, 0.05) is 39.2 Å². The zero-order valence-corrected chi connectivity index (χ0v) is 17.5. The second-order valence-corrected chi connectivity index (χ2v) is 7.62. The molecule has 3 atom stereocenters. The summed E-state index contributed by atoms with van der Waals surface area (Å²) >= 11 is 0. The minimum atomic E-state index is 0. The smallest absolute Gasteiger partial charge is 0.240 e. The molecular weight excluding hydrogens is 380 g/mol. The summed E-state index contributed by atoms with van der Waals surface area (Å²) < 4.78 is 15.8. The van der Waals surface area contributed by atoms with Gasteiger partial charge in [0.25, 0.3) is 0 Å². The van der Waals surface area contributed by atoms with Gasteiger partial charge in [-0.2, -0.15) is 4.98 Å². The highest BCUT2D eigenvalue weighted by molar-refractivity contribution is 5.85. The lowest BCUT2D eigenvalue weighted by Gasteiger charge is -2.26. The van der Waals surface area contributed by atoms with Gasteiger partial charge in [0.1, 0.15) is 5.75 Å². The number of likely N-dealkylation sites (tertiary alicyclic amines) is 2. The maximum absolute atomic E-state index is 5.42. The van der Waals surface area contributed by atoms with Crippen LogP contribution in [-0.2, 0) is 17.7 Å². The summed E-state index contributed by atoms with van der Waals surface area (Å²) in [5, 5.41) is 4.05. The van der Waals surface area contributed by atoms with Crippen molar-refractivity contribution in [2.45, 2.75) is 19.0 Å². The Morgan fingerprint density at radius 3 is 2.64 bits per heavy atom. The van der Waals surface area contributed by atoms with Crippen molar-refractivity contribution < 1.29 is 14.0 Å². The predicted octanol–water partition coefficient (Wildman–Crippen LogP) is 2.42. The van der Waals surface area contributed by atoms with E-state index in [9.17, 15) is 0 Å². The summed E-state index contributed by atoms with van der Waals surface area (Å²) in [6, 6.07) is 8.97. The Hall–Kier alpha value is -1.67. The van der Waals surface area contributed by atoms with Crippen LogP contribution >= 0.6 is 12.4 Å². The van der Waals surface area contributed by atoms with Crippen molar-refractivity contribution in [2.24, 2.45) is 11.8 Å². The Balaban J connectivity index is 0.00000225. The van der Waals surface area contributed by atoms with Gasteiger partial charge in [-0.05, 0) is 36.6 Å². The quantitative estimate of drug-likeness (QED) is 0.697. The first kappa shape index (κ1) is 21.0. The second kappa shape index (κ2) is 9.22. The van der Waals surface area contributed by atoms with Gasteiger partial charge in [-0.15, -0.1) is 12.4 Å². The van der Waals surface area contributed by atoms with E-state index < -0.39 is 0 Å². The van der Waals surface area contributed by atoms with Crippen molar-refractivity contribution in [1.29, 1.82) is 0 Å². The fraction of sp³-hybridized carbons (Fsp3) is 0.600. The summed E-state index contributed by atoms with van der Waals surface area (Å²) in [5.74, 6) is 3.64. The number of hydrogen-bond acceptors (Lipinski definition) is 7. The van der Waals surface area contributed by atoms with Crippen LogP contribution in [0.4, 0.5) is 0 Å². The molecule has 2 fully saturated rings. The van der Waals surface area contributed by atoms with Crippen LogP contribution in [0.5, 0.6) is 5.75 Å². The van der Waals surface area contributed by atoms with Crippen LogP contribution < -0.4 is 4.74 Å². The van der Waals surface area contributed by atoms with Gasteiger partial charge in [0.15, 0.2) is 5.82 Å². The van der Waals surface area contributed by atoms with E-state index in [2.05, 4.69) is 51.3 Å². The highest BCUT2D eigenvalue weighted by Gasteiger charge is 2.46. The Morgan fingerprint density at radius 1 is 1.14 bits per heavy atom. The molecule has 154 valence electrons. The predicted molar refractivity (Wildman–Crippen MR) is 108 cm³/mol. The summed E-state index contributed by atoms with van der Waals surface area (Å²) in [6.07, 6.45) is 0.690. The minimum absolute atomic E-state index is 0. The number of halogens is 1. The van der Waals surface area contributed by atoms with E-state index in [1.807, 2.05) is 0 Å². The van der Waals surface area contributed by atoms with Crippen LogP contribution in [0, 0.1) is 11.8 Å². The number of rotatable bonds is 7. The normalized spacial score (nSPS) is 24.9. The van der Waals surface area contributed by atoms with E-state index in [0.717, 1.165) is 37.8 Å². The third-order valence-electron chi connectivity index (χ3n) is 5.83. The van der Waals surface area contributed by atoms with Crippen molar-refractivity contribution >= 4 is 12.4 Å². The first-order chi connectivity index (χ1) is 13.2. The van der Waals surface area contributed by atoms with E-state index in [1.54, 1.807) is 14.2 Å². The van der Waals surface area contributed by atoms with Gasteiger partial charge in [-0.25, -0.2) is 0 Å². The Kier molecular flexibility index (Phi) is 6.93. The topological polar surface area (TPSA) is 63.9 Å². The van der Waals surface area contributed by atoms with Crippen LogP contribution in [-0.4, -0.2) is 67.4 Å². The molecule has 2 saturated heterocycles. The van der Waals surface area contributed by atoms with Crippen LogP contribution in [0.2, 0.25) is 0 Å². The maximum atomic E-state index is 5.42. The van der Waals surface area contributed by atoms with Gasteiger partial charge in [0.2, 0.25) is 5.89 Å². The monoisotopic (exact) mass is 408 g/mol. The molecule has 7 nitrogen and oxygen atoms in total. The number of nitrogens with zero attached hydrogens (tertiary/aromatic N) is 4. The van der Waals surface area contributed by atoms with Gasteiger partial charge in [-0.1, -0.05) is 17.3 Å². The van der Waals surface area contributed by atoms with Crippen LogP contribution in [0.3, 0.4) is 0 Å². The molecular formula is C20H29ClN4O3. The molecule has 2 aliphatic rings. The molecule has 0 bridgehead atoms. The lowest BCUT2D eigenvalue weighted by Crippen LogP contribution is -2.29. The molecule has 0 aliphatic carbocycles. The molecule has 0 unspecified atom stereocenters. The van der Waals surface area contributed by atoms with Gasteiger partial charge >= 0.3 is 0 Å². The molecule has 0 radical (unpaired) electrons. The van der Waals surface area contributed by atoms with Crippen molar-refractivity contribution in [1.82, 2.24) is 19.9 Å². The molecule has 2 aromatic rings. The number of fused-ring (bicyclic) bond motifs is 1. The Labute approximate surface area is 172 Å². The third kappa shape index (κ3) is 4.33. The van der Waals surface area contributed by atoms with Crippen molar-refractivity contribution in [3.63, 3.8) is 0 Å². The molecule has 28 heavy (non-hydrogen) atoms. The molecule has 0 N–H and O–H groups in total. The summed E-state index contributed by atoms with van der Waals surface area (Å²) in [4.78, 5) is 9.43. The van der Waals surface area contributed by atoms with E-state index >= 15 is 0 Å². The maximum Gasteiger partial charge on any atom is 0.240 e. The number of benzene rings is 1. The fourth-order valence-corrected chi connectivity index (χ4v) is 4.62. The zero-order chi connectivity index (χ0) is 18.8. The van der Waals surface area contributed by atoms with Crippen LogP contribution in [0.1, 0.15) is 23.3 Å². The largest absolute Gasteiger partial charge is 0.497 e. The standard InChI is InChI=1S/C20H28N4O3.ClH/c1-23-10-15-11-24(13-19-21-18(22-27-19)8-9-25-2)12-17(15)20(23)14-4-6-16(26-3)7-5-14;/h4-7,15,17,20H,8-13H2,1-3H3;1H/t15-,17+,20+;/m0./s1. The molecule has 2 aliphatic heterocycles. The SMILES string of the molecule is COCCc1noc(CN2C[C@@H]3CN(C)[C@H](c4ccc(OC)cc4)[C@@H]3C2)n1.Cl. The van der Waals surface area contributed by atoms with Gasteiger partial charge in [-0.3, -0.25) is 9.80 Å². The molecule has 0 saturated carbocycles. The average molecular weight is 409 g/mol. The molecule has 0 amide bonds. The highest BCUT2D eigenvalue weighted by atomic mass is 35.5. The average Bonchev–Trinajstić information content (AvgIpc) is 3.35. The van der Waals surface area contributed by atoms with Gasteiger partial charge in [0.05, 0.1) is 20.3 Å². The second-order valence-electron chi connectivity index (χ2n) is 7.62. The van der Waals surface area contributed by atoms with E-state index in [0.29, 0.717) is 36.8 Å². The Bertz CT molecular complexity index is 754. The number of aromatic nitrogens is 2. The Morgan fingerprint density at radius 2 is 1.93 bits per heavy atom. The van der Waals surface area contributed by atoms with Crippen molar-refractivity contribution in [2.75, 3.05) is 47.5 Å². The summed E-state index contributed by atoms with van der Waals surface area (Å²) in [7, 11) is 5.62. The lowest BCUT2D eigenvalue weighted by molar-refractivity contribution is 0.199. The van der Waals surface area contributed by atoms with Crippen LogP contribution in [0.15, 0.2) is 28.8 Å². The summed E-state index contributed by atoms with van der Waals surface area (Å²) in [5.41, 5.74) is 1.37. The van der Waals surface area contributed by atoms with E-state index in [4.69, 9.17) is 14.0 Å². The first-order valence-corrected chi connectivity index (χ1v) is 9.55. The zero-order valence-electron chi connectivity index (χ0n) is 16.7.